The van der Waals surface area contributed by atoms with Crippen molar-refractivity contribution in [2.24, 2.45) is 11.8 Å². The Labute approximate surface area is 102 Å². The maximum absolute atomic E-state index is 12.1. The van der Waals surface area contributed by atoms with E-state index < -0.39 is 9.84 Å². The van der Waals surface area contributed by atoms with Gasteiger partial charge in [-0.1, -0.05) is 0 Å². The third kappa shape index (κ3) is 1.18. The summed E-state index contributed by atoms with van der Waals surface area (Å²) in [5.41, 5.74) is 0.0194. The third-order valence-corrected chi connectivity index (χ3v) is 7.95. The van der Waals surface area contributed by atoms with E-state index >= 15 is 0 Å². The van der Waals surface area contributed by atoms with E-state index in [2.05, 4.69) is 4.90 Å². The Kier molecular flexibility index (Phi) is 2.06. The number of hydrogen-bond donors (Lipinski definition) is 0. The standard InChI is InChI=1S/C12H19NO3S/c14-17(15)8-12(13-3-5-16-6-4-13)10-2-1-9(7-10)11(12)17/h9-11H,1-8H2/t9-,10-,11-,12+/m1/s1. The first-order chi connectivity index (χ1) is 8.14. The van der Waals surface area contributed by atoms with Crippen LogP contribution in [-0.2, 0) is 14.6 Å². The first-order valence-electron chi connectivity index (χ1n) is 6.69. The lowest BCUT2D eigenvalue weighted by atomic mass is 9.79. The molecule has 2 bridgehead atoms. The van der Waals surface area contributed by atoms with E-state index in [1.54, 1.807) is 0 Å². The number of fused-ring (bicyclic) bond motifs is 5. The minimum atomic E-state index is -2.78. The van der Waals surface area contributed by atoms with Crippen LogP contribution in [0.2, 0.25) is 0 Å². The van der Waals surface area contributed by atoms with Crippen LogP contribution in [0.5, 0.6) is 0 Å². The minimum absolute atomic E-state index is 0.0194. The number of nitrogens with zero attached hydrogens (tertiary/aromatic N) is 1. The molecule has 4 atom stereocenters. The Balaban J connectivity index is 1.72. The molecule has 0 aromatic rings. The Bertz CT molecular complexity index is 443. The van der Waals surface area contributed by atoms with Gasteiger partial charge in [0.15, 0.2) is 9.84 Å². The molecule has 2 saturated heterocycles. The highest BCUT2D eigenvalue weighted by Crippen LogP contribution is 2.62. The second kappa shape index (κ2) is 3.25. The van der Waals surface area contributed by atoms with Crippen molar-refractivity contribution in [1.29, 1.82) is 0 Å². The summed E-state index contributed by atoms with van der Waals surface area (Å²) in [7, 11) is -2.78. The molecular weight excluding hydrogens is 238 g/mol. The normalized spacial score (nSPS) is 52.1. The molecule has 96 valence electrons. The average Bonchev–Trinajstić information content (AvgIpc) is 2.85. The van der Waals surface area contributed by atoms with E-state index in [1.807, 2.05) is 0 Å². The number of ether oxygens (including phenoxy) is 1. The van der Waals surface area contributed by atoms with E-state index in [0.717, 1.165) is 39.1 Å². The van der Waals surface area contributed by atoms with Gasteiger partial charge in [0, 0.05) is 13.1 Å². The zero-order chi connectivity index (χ0) is 11.7. The Morgan fingerprint density at radius 1 is 1.18 bits per heavy atom. The predicted octanol–water partition coefficient (Wildman–Crippen LogP) is 0.284. The lowest BCUT2D eigenvalue weighted by molar-refractivity contribution is -0.0416. The molecule has 2 saturated carbocycles. The summed E-state index contributed by atoms with van der Waals surface area (Å²) in [6.07, 6.45) is 3.54. The van der Waals surface area contributed by atoms with Crippen LogP contribution in [0, 0.1) is 11.8 Å². The molecule has 4 nitrogen and oxygen atoms in total. The van der Waals surface area contributed by atoms with E-state index in [4.69, 9.17) is 4.74 Å². The lowest BCUT2D eigenvalue weighted by Gasteiger charge is -2.58. The predicted molar refractivity (Wildman–Crippen MR) is 63.5 cm³/mol. The van der Waals surface area contributed by atoms with Gasteiger partial charge in [-0.2, -0.15) is 0 Å². The van der Waals surface area contributed by atoms with Gasteiger partial charge in [-0.15, -0.1) is 0 Å². The molecule has 4 fully saturated rings. The van der Waals surface area contributed by atoms with E-state index in [1.165, 1.54) is 6.42 Å². The smallest absolute Gasteiger partial charge is 0.157 e. The largest absolute Gasteiger partial charge is 0.379 e. The summed E-state index contributed by atoms with van der Waals surface area (Å²) in [4.78, 5) is 2.45. The fraction of sp³-hybridized carbons (Fsp3) is 1.00. The molecule has 0 spiro atoms. The quantitative estimate of drug-likeness (QED) is 0.677. The molecule has 0 aromatic heterocycles. The zero-order valence-corrected chi connectivity index (χ0v) is 10.8. The van der Waals surface area contributed by atoms with Crippen molar-refractivity contribution >= 4 is 9.84 Å². The van der Waals surface area contributed by atoms with Gasteiger partial charge in [0.05, 0.1) is 29.8 Å². The Morgan fingerprint density at radius 3 is 2.65 bits per heavy atom. The van der Waals surface area contributed by atoms with Gasteiger partial charge < -0.3 is 4.74 Å². The van der Waals surface area contributed by atoms with E-state index in [0.29, 0.717) is 17.6 Å². The second-order valence-corrected chi connectivity index (χ2v) is 8.21. The molecule has 4 aliphatic rings. The van der Waals surface area contributed by atoms with Gasteiger partial charge in [-0.25, -0.2) is 8.42 Å². The highest BCUT2D eigenvalue weighted by Gasteiger charge is 2.72. The van der Waals surface area contributed by atoms with Crippen LogP contribution in [0.15, 0.2) is 0 Å². The Morgan fingerprint density at radius 2 is 1.94 bits per heavy atom. The molecule has 2 aliphatic heterocycles. The second-order valence-electron chi connectivity index (χ2n) is 6.09. The number of hydrogen-bond acceptors (Lipinski definition) is 4. The van der Waals surface area contributed by atoms with Crippen molar-refractivity contribution in [3.05, 3.63) is 0 Å². The number of morpholine rings is 1. The van der Waals surface area contributed by atoms with Crippen molar-refractivity contribution in [3.63, 3.8) is 0 Å². The third-order valence-electron chi connectivity index (χ3n) is 5.52. The molecule has 0 radical (unpaired) electrons. The molecule has 0 N–H and O–H groups in total. The van der Waals surface area contributed by atoms with Gasteiger partial charge in [0.25, 0.3) is 0 Å². The summed E-state index contributed by atoms with van der Waals surface area (Å²) < 4.78 is 29.6. The van der Waals surface area contributed by atoms with Crippen molar-refractivity contribution < 1.29 is 13.2 Å². The first kappa shape index (κ1) is 10.8. The lowest BCUT2D eigenvalue weighted by Crippen LogP contribution is -2.75. The molecule has 0 amide bonds. The van der Waals surface area contributed by atoms with Crippen LogP contribution < -0.4 is 0 Å². The SMILES string of the molecule is O=S1(=O)C[C@]2(N3CCOCC3)[C@@H]3CC[C@H](C3)[C@H]21. The highest BCUT2D eigenvalue weighted by atomic mass is 32.2. The Hall–Kier alpha value is -0.130. The summed E-state index contributed by atoms with van der Waals surface area (Å²) in [5, 5.41) is -0.0353. The fourth-order valence-electron chi connectivity index (χ4n) is 5.01. The summed E-state index contributed by atoms with van der Waals surface area (Å²) in [6, 6.07) is 0. The van der Waals surface area contributed by atoms with E-state index in [9.17, 15) is 8.42 Å². The molecule has 2 aliphatic carbocycles. The average molecular weight is 257 g/mol. The van der Waals surface area contributed by atoms with Crippen molar-refractivity contribution in [2.45, 2.75) is 30.1 Å². The zero-order valence-electron chi connectivity index (χ0n) is 9.97. The van der Waals surface area contributed by atoms with Gasteiger partial charge in [0.2, 0.25) is 0 Å². The molecular formula is C12H19NO3S. The van der Waals surface area contributed by atoms with Gasteiger partial charge in [0.1, 0.15) is 0 Å². The van der Waals surface area contributed by atoms with E-state index in [-0.39, 0.29) is 10.8 Å². The van der Waals surface area contributed by atoms with Crippen LogP contribution in [0.3, 0.4) is 0 Å². The maximum Gasteiger partial charge on any atom is 0.157 e. The van der Waals surface area contributed by atoms with Crippen LogP contribution in [0.1, 0.15) is 19.3 Å². The molecule has 0 unspecified atom stereocenters. The maximum atomic E-state index is 12.1. The molecule has 2 heterocycles. The van der Waals surface area contributed by atoms with Gasteiger partial charge >= 0.3 is 0 Å². The van der Waals surface area contributed by atoms with Crippen molar-refractivity contribution in [1.82, 2.24) is 4.90 Å². The van der Waals surface area contributed by atoms with Crippen molar-refractivity contribution in [2.75, 3.05) is 32.1 Å². The highest BCUT2D eigenvalue weighted by molar-refractivity contribution is 7.93. The molecule has 17 heavy (non-hydrogen) atoms. The first-order valence-corrected chi connectivity index (χ1v) is 8.40. The van der Waals surface area contributed by atoms with Crippen LogP contribution >= 0.6 is 0 Å². The molecule has 0 aromatic carbocycles. The fourth-order valence-corrected chi connectivity index (χ4v) is 8.02. The van der Waals surface area contributed by atoms with Gasteiger partial charge in [-0.05, 0) is 31.1 Å². The monoisotopic (exact) mass is 257 g/mol. The minimum Gasteiger partial charge on any atom is -0.379 e. The van der Waals surface area contributed by atoms with Crippen LogP contribution in [0.25, 0.3) is 0 Å². The van der Waals surface area contributed by atoms with Crippen LogP contribution in [-0.4, -0.2) is 56.2 Å². The summed E-state index contributed by atoms with van der Waals surface area (Å²) in [6.45, 7) is 3.39. The molecule has 5 heteroatoms. The number of rotatable bonds is 1. The number of sulfone groups is 1. The van der Waals surface area contributed by atoms with Crippen molar-refractivity contribution in [3.8, 4) is 0 Å². The van der Waals surface area contributed by atoms with Crippen LogP contribution in [0.4, 0.5) is 0 Å². The summed E-state index contributed by atoms with van der Waals surface area (Å²) in [5.74, 6) is 1.52. The topological polar surface area (TPSA) is 46.6 Å². The summed E-state index contributed by atoms with van der Waals surface area (Å²) >= 11 is 0. The molecule has 4 rings (SSSR count). The van der Waals surface area contributed by atoms with Gasteiger partial charge in [-0.3, -0.25) is 4.90 Å².